The minimum Gasteiger partial charge on any atom is -0.343 e. The highest BCUT2D eigenvalue weighted by molar-refractivity contribution is 7.15. The van der Waals surface area contributed by atoms with Gasteiger partial charge in [0.15, 0.2) is 5.13 Å². The molecule has 5 nitrogen and oxygen atoms in total. The van der Waals surface area contributed by atoms with Gasteiger partial charge in [-0.3, -0.25) is 9.59 Å². The number of hydrogen-bond donors (Lipinski definition) is 2. The van der Waals surface area contributed by atoms with Crippen LogP contribution in [0.5, 0.6) is 0 Å². The maximum atomic E-state index is 12.0. The van der Waals surface area contributed by atoms with E-state index >= 15 is 0 Å². The van der Waals surface area contributed by atoms with Crippen LogP contribution in [-0.2, 0) is 11.2 Å². The predicted octanol–water partition coefficient (Wildman–Crippen LogP) is 4.06. The molecule has 0 aliphatic carbocycles. The second-order valence-electron chi connectivity index (χ2n) is 6.03. The third kappa shape index (κ3) is 5.64. The van der Waals surface area contributed by atoms with E-state index in [0.29, 0.717) is 15.7 Å². The standard InChI is InChI=1S/C20H18ClN3O2S/c1-13-2-6-15(7-3-13)19(26)22-12-18(25)24-20-23-11-17(27-20)10-14-4-8-16(21)9-5-14/h2-9,11H,10,12H2,1H3,(H,22,26)(H,23,24,25). The number of aromatic nitrogens is 1. The first kappa shape index (κ1) is 19.1. The third-order valence-electron chi connectivity index (χ3n) is 3.81. The van der Waals surface area contributed by atoms with E-state index in [1.807, 2.05) is 43.3 Å². The van der Waals surface area contributed by atoms with Crippen LogP contribution < -0.4 is 10.6 Å². The van der Waals surface area contributed by atoms with Crippen LogP contribution in [0.4, 0.5) is 5.13 Å². The highest BCUT2D eigenvalue weighted by Gasteiger charge is 2.10. The molecule has 138 valence electrons. The number of nitrogens with zero attached hydrogens (tertiary/aromatic N) is 1. The van der Waals surface area contributed by atoms with Gasteiger partial charge >= 0.3 is 0 Å². The molecule has 0 unspecified atom stereocenters. The Kier molecular flexibility index (Phi) is 6.21. The monoisotopic (exact) mass is 399 g/mol. The summed E-state index contributed by atoms with van der Waals surface area (Å²) in [6.45, 7) is 1.84. The van der Waals surface area contributed by atoms with Crippen molar-refractivity contribution in [2.75, 3.05) is 11.9 Å². The number of amides is 2. The van der Waals surface area contributed by atoms with E-state index in [0.717, 1.165) is 22.4 Å². The Morgan fingerprint density at radius 1 is 1.07 bits per heavy atom. The molecule has 0 spiro atoms. The van der Waals surface area contributed by atoms with Crippen LogP contribution in [0.2, 0.25) is 5.02 Å². The van der Waals surface area contributed by atoms with Crippen LogP contribution in [0.1, 0.15) is 26.4 Å². The lowest BCUT2D eigenvalue weighted by Crippen LogP contribution is -2.32. The lowest BCUT2D eigenvalue weighted by atomic mass is 10.1. The quantitative estimate of drug-likeness (QED) is 0.656. The largest absolute Gasteiger partial charge is 0.343 e. The van der Waals surface area contributed by atoms with Crippen molar-refractivity contribution in [1.29, 1.82) is 0 Å². The second-order valence-corrected chi connectivity index (χ2v) is 7.58. The number of nitrogens with one attached hydrogen (secondary N) is 2. The highest BCUT2D eigenvalue weighted by atomic mass is 35.5. The average molecular weight is 400 g/mol. The van der Waals surface area contributed by atoms with Gasteiger partial charge in [-0.2, -0.15) is 0 Å². The fourth-order valence-electron chi connectivity index (χ4n) is 2.38. The fraction of sp³-hybridized carbons (Fsp3) is 0.150. The van der Waals surface area contributed by atoms with Crippen molar-refractivity contribution in [2.45, 2.75) is 13.3 Å². The molecule has 0 atom stereocenters. The van der Waals surface area contributed by atoms with E-state index in [9.17, 15) is 9.59 Å². The van der Waals surface area contributed by atoms with Crippen LogP contribution in [-0.4, -0.2) is 23.3 Å². The minimum atomic E-state index is -0.317. The van der Waals surface area contributed by atoms with E-state index in [2.05, 4.69) is 15.6 Å². The van der Waals surface area contributed by atoms with Gasteiger partial charge in [-0.05, 0) is 36.8 Å². The fourth-order valence-corrected chi connectivity index (χ4v) is 3.37. The van der Waals surface area contributed by atoms with Gasteiger partial charge < -0.3 is 10.6 Å². The zero-order valence-corrected chi connectivity index (χ0v) is 16.2. The van der Waals surface area contributed by atoms with Crippen LogP contribution in [0.15, 0.2) is 54.7 Å². The summed E-state index contributed by atoms with van der Waals surface area (Å²) in [6, 6.07) is 14.8. The topological polar surface area (TPSA) is 71.1 Å². The normalized spacial score (nSPS) is 10.4. The molecule has 0 saturated carbocycles. The summed E-state index contributed by atoms with van der Waals surface area (Å²) in [4.78, 5) is 29.3. The summed E-state index contributed by atoms with van der Waals surface area (Å²) in [6.07, 6.45) is 2.45. The zero-order chi connectivity index (χ0) is 19.2. The van der Waals surface area contributed by atoms with Crippen LogP contribution >= 0.6 is 22.9 Å². The summed E-state index contributed by atoms with van der Waals surface area (Å²) in [5.41, 5.74) is 2.71. The molecule has 3 rings (SSSR count). The third-order valence-corrected chi connectivity index (χ3v) is 4.98. The Morgan fingerprint density at radius 2 is 1.78 bits per heavy atom. The molecule has 0 bridgehead atoms. The van der Waals surface area contributed by atoms with Gasteiger partial charge in [-0.15, -0.1) is 11.3 Å². The van der Waals surface area contributed by atoms with Gasteiger partial charge in [-0.1, -0.05) is 41.4 Å². The zero-order valence-electron chi connectivity index (χ0n) is 14.7. The van der Waals surface area contributed by atoms with Crippen molar-refractivity contribution in [3.05, 3.63) is 81.3 Å². The van der Waals surface area contributed by atoms with Crippen molar-refractivity contribution in [2.24, 2.45) is 0 Å². The molecule has 2 N–H and O–H groups in total. The number of aryl methyl sites for hydroxylation is 1. The molecular formula is C20H18ClN3O2S. The number of rotatable bonds is 6. The van der Waals surface area contributed by atoms with Crippen molar-refractivity contribution < 1.29 is 9.59 Å². The molecule has 3 aromatic rings. The lowest BCUT2D eigenvalue weighted by Gasteiger charge is -2.05. The number of carbonyl (C=O) groups excluding carboxylic acids is 2. The Hall–Kier alpha value is -2.70. The van der Waals surface area contributed by atoms with Gasteiger partial charge in [0.1, 0.15) is 0 Å². The highest BCUT2D eigenvalue weighted by Crippen LogP contribution is 2.21. The molecule has 0 fully saturated rings. The summed E-state index contributed by atoms with van der Waals surface area (Å²) in [5.74, 6) is -0.601. The van der Waals surface area contributed by atoms with Gasteiger partial charge in [0.05, 0.1) is 6.54 Å². The molecule has 0 aliphatic rings. The molecule has 1 aromatic heterocycles. The molecule has 0 aliphatic heterocycles. The summed E-state index contributed by atoms with van der Waals surface area (Å²) >= 11 is 7.29. The van der Waals surface area contributed by atoms with E-state index in [1.165, 1.54) is 11.3 Å². The molecule has 2 aromatic carbocycles. The number of anilines is 1. The Labute approximate surface area is 166 Å². The molecule has 2 amide bonds. The van der Waals surface area contributed by atoms with Crippen molar-refractivity contribution in [3.63, 3.8) is 0 Å². The van der Waals surface area contributed by atoms with Gasteiger partial charge in [-0.25, -0.2) is 4.98 Å². The first-order chi connectivity index (χ1) is 13.0. The number of carbonyl (C=O) groups is 2. The first-order valence-corrected chi connectivity index (χ1v) is 9.53. The van der Waals surface area contributed by atoms with Gasteiger partial charge in [0, 0.05) is 28.1 Å². The lowest BCUT2D eigenvalue weighted by molar-refractivity contribution is -0.115. The van der Waals surface area contributed by atoms with E-state index in [4.69, 9.17) is 11.6 Å². The maximum absolute atomic E-state index is 12.0. The second kappa shape index (κ2) is 8.79. The molecule has 27 heavy (non-hydrogen) atoms. The predicted molar refractivity (Wildman–Crippen MR) is 109 cm³/mol. The number of benzene rings is 2. The SMILES string of the molecule is Cc1ccc(C(=O)NCC(=O)Nc2ncc(Cc3ccc(Cl)cc3)s2)cc1. The minimum absolute atomic E-state index is 0.112. The molecule has 7 heteroatoms. The Bertz CT molecular complexity index is 937. The number of thiazole rings is 1. The first-order valence-electron chi connectivity index (χ1n) is 8.33. The summed E-state index contributed by atoms with van der Waals surface area (Å²) in [7, 11) is 0. The maximum Gasteiger partial charge on any atom is 0.251 e. The number of halogens is 1. The molecular weight excluding hydrogens is 382 g/mol. The van der Waals surface area contributed by atoms with Crippen LogP contribution in [0.3, 0.4) is 0 Å². The smallest absolute Gasteiger partial charge is 0.251 e. The molecule has 0 radical (unpaired) electrons. The Morgan fingerprint density at radius 3 is 2.48 bits per heavy atom. The van der Waals surface area contributed by atoms with Crippen LogP contribution in [0.25, 0.3) is 0 Å². The van der Waals surface area contributed by atoms with Crippen LogP contribution in [0, 0.1) is 6.92 Å². The van der Waals surface area contributed by atoms with Gasteiger partial charge in [0.2, 0.25) is 5.91 Å². The summed E-state index contributed by atoms with van der Waals surface area (Å²) in [5, 5.41) is 6.52. The Balaban J connectivity index is 1.49. The molecule has 0 saturated heterocycles. The number of hydrogen-bond acceptors (Lipinski definition) is 4. The molecule has 1 heterocycles. The van der Waals surface area contributed by atoms with Crippen molar-refractivity contribution >= 4 is 39.9 Å². The van der Waals surface area contributed by atoms with Crippen molar-refractivity contribution in [1.82, 2.24) is 10.3 Å². The van der Waals surface area contributed by atoms with Gasteiger partial charge in [0.25, 0.3) is 5.91 Å². The summed E-state index contributed by atoms with van der Waals surface area (Å²) < 4.78 is 0. The van der Waals surface area contributed by atoms with E-state index in [-0.39, 0.29) is 18.4 Å². The average Bonchev–Trinajstić information content (AvgIpc) is 3.09. The van der Waals surface area contributed by atoms with E-state index in [1.54, 1.807) is 18.3 Å². The van der Waals surface area contributed by atoms with Crippen molar-refractivity contribution in [3.8, 4) is 0 Å². The van der Waals surface area contributed by atoms with E-state index < -0.39 is 0 Å².